The summed E-state index contributed by atoms with van der Waals surface area (Å²) in [7, 11) is 2.36. The Morgan fingerprint density at radius 1 is 1.00 bits per heavy atom. The zero-order chi connectivity index (χ0) is 22.8. The molecule has 0 aliphatic carbocycles. The first kappa shape index (κ1) is 26.9. The van der Waals surface area contributed by atoms with E-state index in [0.717, 1.165) is 23.8 Å². The molecule has 0 saturated heterocycles. The van der Waals surface area contributed by atoms with Crippen LogP contribution in [-0.4, -0.2) is 72.0 Å². The van der Waals surface area contributed by atoms with Crippen LogP contribution in [0.25, 0.3) is 0 Å². The van der Waals surface area contributed by atoms with E-state index in [1.54, 1.807) is 27.7 Å². The molecule has 0 aromatic heterocycles. The number of thioether (sulfide) groups is 1. The van der Waals surface area contributed by atoms with Crippen LogP contribution < -0.4 is 0 Å². The number of nitrogens with zero attached hydrogens (tertiary/aromatic N) is 1. The van der Waals surface area contributed by atoms with Gasteiger partial charge in [0.05, 0.1) is 14.2 Å². The molecule has 166 valence electrons. The average molecular weight is 434 g/mol. The van der Waals surface area contributed by atoms with E-state index in [-0.39, 0.29) is 23.7 Å². The highest BCUT2D eigenvalue weighted by Gasteiger charge is 2.36. The number of hydrogen-bond donors (Lipinski definition) is 0. The fourth-order valence-corrected chi connectivity index (χ4v) is 2.97. The Balaban J connectivity index is 5.69. The van der Waals surface area contributed by atoms with Gasteiger partial charge < -0.3 is 19.1 Å². The van der Waals surface area contributed by atoms with Crippen LogP contribution in [0.2, 0.25) is 0 Å². The molecule has 0 radical (unpaired) electrons. The molecule has 0 spiro atoms. The summed E-state index contributed by atoms with van der Waals surface area (Å²) >= 11 is 0.969. The number of carbonyl (C=O) groups is 5. The first-order chi connectivity index (χ1) is 13.3. The number of carbonyl (C=O) groups excluding carboxylic acids is 5. The van der Waals surface area contributed by atoms with Gasteiger partial charge in [-0.05, 0) is 27.2 Å². The summed E-state index contributed by atoms with van der Waals surface area (Å²) in [6.45, 7) is 7.52. The van der Waals surface area contributed by atoms with Gasteiger partial charge in [0.15, 0.2) is 5.12 Å². The lowest BCUT2D eigenvalue weighted by molar-refractivity contribution is -0.164. The Bertz CT molecular complexity index is 614. The van der Waals surface area contributed by atoms with Crippen LogP contribution in [0.15, 0.2) is 0 Å². The number of esters is 3. The number of ether oxygens (including phenoxy) is 3. The third kappa shape index (κ3) is 10.9. The fourth-order valence-electron chi connectivity index (χ4n) is 2.34. The van der Waals surface area contributed by atoms with Crippen molar-refractivity contribution in [1.82, 2.24) is 4.90 Å². The zero-order valence-electron chi connectivity index (χ0n) is 18.1. The van der Waals surface area contributed by atoms with Gasteiger partial charge in [0.25, 0.3) is 0 Å². The minimum Gasteiger partial charge on any atom is -0.469 e. The second kappa shape index (κ2) is 12.5. The van der Waals surface area contributed by atoms with Crippen LogP contribution in [0.4, 0.5) is 0 Å². The molecule has 0 aromatic rings. The molecule has 2 atom stereocenters. The van der Waals surface area contributed by atoms with E-state index in [4.69, 9.17) is 9.47 Å². The van der Waals surface area contributed by atoms with Crippen molar-refractivity contribution >= 4 is 40.7 Å². The van der Waals surface area contributed by atoms with Crippen molar-refractivity contribution < 1.29 is 38.2 Å². The monoisotopic (exact) mass is 433 g/mol. The van der Waals surface area contributed by atoms with Crippen LogP contribution >= 0.6 is 11.8 Å². The molecule has 0 unspecified atom stereocenters. The van der Waals surface area contributed by atoms with Gasteiger partial charge >= 0.3 is 17.9 Å². The van der Waals surface area contributed by atoms with E-state index in [0.29, 0.717) is 0 Å². The summed E-state index contributed by atoms with van der Waals surface area (Å²) < 4.78 is 14.6. The van der Waals surface area contributed by atoms with Crippen molar-refractivity contribution in [2.45, 2.75) is 59.1 Å². The van der Waals surface area contributed by atoms with E-state index < -0.39 is 47.9 Å². The SMILES string of the molecule is COC(=O)CC[C@H](C(=O)OC)N(CC(=O)OC(C)(C)C)C(=O)[C@H](C)CSC(C)=O. The normalized spacial score (nSPS) is 13.1. The lowest BCUT2D eigenvalue weighted by Gasteiger charge is -2.32. The second-order valence-corrected chi connectivity index (χ2v) is 8.61. The maximum Gasteiger partial charge on any atom is 0.328 e. The Morgan fingerprint density at radius 2 is 1.59 bits per heavy atom. The van der Waals surface area contributed by atoms with E-state index in [9.17, 15) is 24.0 Å². The highest BCUT2D eigenvalue weighted by atomic mass is 32.2. The van der Waals surface area contributed by atoms with Crippen molar-refractivity contribution in [2.75, 3.05) is 26.5 Å². The molecule has 29 heavy (non-hydrogen) atoms. The Hall–Kier alpha value is -2.10. The van der Waals surface area contributed by atoms with Gasteiger partial charge in [0.1, 0.15) is 18.2 Å². The molecular formula is C19H31NO8S. The predicted octanol–water partition coefficient (Wildman–Crippen LogP) is 1.57. The molecule has 0 rings (SSSR count). The number of rotatable bonds is 10. The first-order valence-electron chi connectivity index (χ1n) is 9.12. The predicted molar refractivity (Wildman–Crippen MR) is 107 cm³/mol. The van der Waals surface area contributed by atoms with Gasteiger partial charge in [-0.1, -0.05) is 18.7 Å². The molecule has 0 aliphatic rings. The third-order valence-electron chi connectivity index (χ3n) is 3.66. The van der Waals surface area contributed by atoms with Crippen LogP contribution in [0.1, 0.15) is 47.5 Å². The topological polar surface area (TPSA) is 116 Å². The first-order valence-corrected chi connectivity index (χ1v) is 10.1. The molecule has 0 saturated carbocycles. The summed E-state index contributed by atoms with van der Waals surface area (Å²) in [6, 6.07) is -1.18. The van der Waals surface area contributed by atoms with E-state index in [1.165, 1.54) is 14.0 Å². The summed E-state index contributed by atoms with van der Waals surface area (Å²) in [6.07, 6.45) is -0.231. The molecule has 1 amide bonds. The largest absolute Gasteiger partial charge is 0.469 e. The van der Waals surface area contributed by atoms with Gasteiger partial charge in [-0.15, -0.1) is 0 Å². The zero-order valence-corrected chi connectivity index (χ0v) is 18.9. The molecule has 0 aromatic carbocycles. The minimum absolute atomic E-state index is 0.0829. The van der Waals surface area contributed by atoms with Crippen LogP contribution in [0, 0.1) is 5.92 Å². The summed E-state index contributed by atoms with van der Waals surface area (Å²) in [5, 5.41) is -0.154. The van der Waals surface area contributed by atoms with Crippen molar-refractivity contribution in [3.8, 4) is 0 Å². The standard InChI is InChI=1S/C19H31NO8S/c1-12(11-29-13(2)21)17(24)20(10-16(23)28-19(3,4)5)14(18(25)27-7)8-9-15(22)26-6/h12,14H,8-11H2,1-7H3/t12-,14-/m1/s1. The van der Waals surface area contributed by atoms with Crippen LogP contribution in [0.5, 0.6) is 0 Å². The fraction of sp³-hybridized carbons (Fsp3) is 0.737. The van der Waals surface area contributed by atoms with E-state index in [2.05, 4.69) is 4.74 Å². The molecule has 0 N–H and O–H groups in total. The maximum atomic E-state index is 13.0. The van der Waals surface area contributed by atoms with Gasteiger partial charge in [-0.3, -0.25) is 19.2 Å². The minimum atomic E-state index is -1.18. The van der Waals surface area contributed by atoms with Gasteiger partial charge in [-0.25, -0.2) is 4.79 Å². The Kier molecular flexibility index (Phi) is 11.6. The van der Waals surface area contributed by atoms with Gasteiger partial charge in [0.2, 0.25) is 5.91 Å². The molecule has 9 nitrogen and oxygen atoms in total. The molecule has 10 heteroatoms. The highest BCUT2D eigenvalue weighted by Crippen LogP contribution is 2.18. The molecule has 0 heterocycles. The number of amides is 1. The molecular weight excluding hydrogens is 402 g/mol. The molecule has 0 aliphatic heterocycles. The van der Waals surface area contributed by atoms with Gasteiger partial charge in [0, 0.05) is 25.0 Å². The smallest absolute Gasteiger partial charge is 0.328 e. The molecule has 0 bridgehead atoms. The molecule has 0 fully saturated rings. The van der Waals surface area contributed by atoms with Crippen molar-refractivity contribution in [2.24, 2.45) is 5.92 Å². The maximum absolute atomic E-state index is 13.0. The third-order valence-corrected chi connectivity index (χ3v) is 4.73. The number of hydrogen-bond acceptors (Lipinski definition) is 9. The van der Waals surface area contributed by atoms with Crippen molar-refractivity contribution in [1.29, 1.82) is 0 Å². The summed E-state index contributed by atoms with van der Waals surface area (Å²) in [4.78, 5) is 61.5. The summed E-state index contributed by atoms with van der Waals surface area (Å²) in [5.74, 6) is -3.03. The van der Waals surface area contributed by atoms with Gasteiger partial charge in [-0.2, -0.15) is 0 Å². The van der Waals surface area contributed by atoms with E-state index in [1.807, 2.05) is 0 Å². The summed E-state index contributed by atoms with van der Waals surface area (Å²) in [5.41, 5.74) is -0.783. The highest BCUT2D eigenvalue weighted by molar-refractivity contribution is 8.13. The van der Waals surface area contributed by atoms with E-state index >= 15 is 0 Å². The lowest BCUT2D eigenvalue weighted by Crippen LogP contribution is -2.51. The Labute approximate surface area is 175 Å². The lowest BCUT2D eigenvalue weighted by atomic mass is 10.1. The van der Waals surface area contributed by atoms with Crippen LogP contribution in [-0.2, 0) is 38.2 Å². The number of methoxy groups -OCH3 is 2. The quantitative estimate of drug-likeness (QED) is 0.374. The van der Waals surface area contributed by atoms with Crippen molar-refractivity contribution in [3.63, 3.8) is 0 Å². The van der Waals surface area contributed by atoms with Crippen LogP contribution in [0.3, 0.4) is 0 Å². The van der Waals surface area contributed by atoms with Crippen molar-refractivity contribution in [3.05, 3.63) is 0 Å². The average Bonchev–Trinajstić information content (AvgIpc) is 2.62. The Morgan fingerprint density at radius 3 is 2.03 bits per heavy atom. The second-order valence-electron chi connectivity index (χ2n) is 7.41.